The van der Waals surface area contributed by atoms with Crippen molar-refractivity contribution in [3.63, 3.8) is 0 Å². The summed E-state index contributed by atoms with van der Waals surface area (Å²) in [5.74, 6) is -5.03. The summed E-state index contributed by atoms with van der Waals surface area (Å²) in [4.78, 5) is 68.0. The Balaban J connectivity index is 1.55. The third kappa shape index (κ3) is 8.20. The quantitative estimate of drug-likeness (QED) is 0.220. The minimum absolute atomic E-state index is 0.0189. The molecule has 1 saturated heterocycles. The number of nitrogens with one attached hydrogen (secondary N) is 3. The highest BCUT2D eigenvalue weighted by Gasteiger charge is 2.46. The van der Waals surface area contributed by atoms with Crippen LogP contribution in [0.1, 0.15) is 37.0 Å². The lowest BCUT2D eigenvalue weighted by Crippen LogP contribution is -2.59. The molecule has 2 aliphatic heterocycles. The minimum Gasteiger partial charge on any atom is -0.480 e. The number of carbonyl (C=O) groups excluding carboxylic acids is 4. The lowest BCUT2D eigenvalue weighted by molar-refractivity contribution is -0.149. The van der Waals surface area contributed by atoms with Crippen molar-refractivity contribution in [1.29, 1.82) is 0 Å². The molecule has 6 atom stereocenters. The number of halogens is 1. The normalized spacial score (nSPS) is 23.0. The fourth-order valence-corrected chi connectivity index (χ4v) is 6.60. The first kappa shape index (κ1) is 36.2. The van der Waals surface area contributed by atoms with Crippen LogP contribution in [-0.4, -0.2) is 92.8 Å². The second-order valence-electron chi connectivity index (χ2n) is 12.9. The number of aliphatic hydroxyl groups excluding tert-OH is 1. The molecule has 2 aromatic carbocycles. The number of ether oxygens (including phenoxy) is 1. The number of aromatic nitrogens is 1. The summed E-state index contributed by atoms with van der Waals surface area (Å²) in [6.45, 7) is 6.85. The molecule has 50 heavy (non-hydrogen) atoms. The number of aliphatic hydroxyl groups is 1. The zero-order valence-corrected chi connectivity index (χ0v) is 27.9. The Kier molecular flexibility index (Phi) is 11.3. The van der Waals surface area contributed by atoms with Crippen LogP contribution in [0.25, 0.3) is 10.9 Å². The van der Waals surface area contributed by atoms with E-state index in [0.29, 0.717) is 29.4 Å². The van der Waals surface area contributed by atoms with Gasteiger partial charge < -0.3 is 40.4 Å². The van der Waals surface area contributed by atoms with Crippen LogP contribution in [0.3, 0.4) is 0 Å². The van der Waals surface area contributed by atoms with Gasteiger partial charge in [-0.3, -0.25) is 19.2 Å². The average Bonchev–Trinajstić information content (AvgIpc) is 3.65. The number of allylic oxidation sites excluding steroid dienone is 1. The Morgan fingerprint density at radius 1 is 1.18 bits per heavy atom. The number of benzene rings is 2. The van der Waals surface area contributed by atoms with Gasteiger partial charge in [-0.25, -0.2) is 9.18 Å². The van der Waals surface area contributed by atoms with Gasteiger partial charge in [0.15, 0.2) is 6.04 Å². The van der Waals surface area contributed by atoms with Gasteiger partial charge >= 0.3 is 5.97 Å². The van der Waals surface area contributed by atoms with E-state index < -0.39 is 78.3 Å². The van der Waals surface area contributed by atoms with E-state index in [1.165, 1.54) is 24.0 Å². The molecule has 4 bridgehead atoms. The molecular weight excluding hydrogens is 649 g/mol. The number of hydrogen-bond donors (Lipinski definition) is 5. The van der Waals surface area contributed by atoms with Gasteiger partial charge in [0.2, 0.25) is 23.6 Å². The maximum absolute atomic E-state index is 14.6. The Morgan fingerprint density at radius 2 is 1.94 bits per heavy atom. The lowest BCUT2D eigenvalue weighted by Gasteiger charge is -2.32. The summed E-state index contributed by atoms with van der Waals surface area (Å²) >= 11 is 0. The van der Waals surface area contributed by atoms with Gasteiger partial charge in [-0.05, 0) is 54.7 Å². The number of nitrogens with zero attached hydrogens (tertiary/aromatic N) is 2. The molecule has 4 amide bonds. The Bertz CT molecular complexity index is 1790. The molecule has 266 valence electrons. The predicted molar refractivity (Wildman–Crippen MR) is 180 cm³/mol. The summed E-state index contributed by atoms with van der Waals surface area (Å²) < 4.78 is 22.3. The molecule has 1 fully saturated rings. The molecule has 14 heteroatoms. The molecule has 2 aliphatic rings. The van der Waals surface area contributed by atoms with Crippen molar-refractivity contribution in [3.8, 4) is 0 Å². The molecule has 1 aromatic heterocycles. The molecule has 3 aromatic rings. The van der Waals surface area contributed by atoms with E-state index in [4.69, 9.17) is 4.74 Å². The number of amides is 4. The van der Waals surface area contributed by atoms with Crippen LogP contribution >= 0.6 is 0 Å². The summed E-state index contributed by atoms with van der Waals surface area (Å²) in [5.41, 5.74) is 2.90. The fourth-order valence-electron chi connectivity index (χ4n) is 6.60. The molecule has 13 nitrogen and oxygen atoms in total. The number of aliphatic carboxylic acids is 1. The topological polar surface area (TPSA) is 179 Å². The van der Waals surface area contributed by atoms with Crippen molar-refractivity contribution in [2.75, 3.05) is 13.2 Å². The maximum Gasteiger partial charge on any atom is 0.328 e. The van der Waals surface area contributed by atoms with Gasteiger partial charge in [0, 0.05) is 49.1 Å². The van der Waals surface area contributed by atoms with Crippen LogP contribution < -0.4 is 16.0 Å². The molecule has 5 rings (SSSR count). The molecule has 3 heterocycles. The number of hydrogen-bond acceptors (Lipinski definition) is 7. The first-order chi connectivity index (χ1) is 23.9. The highest BCUT2D eigenvalue weighted by atomic mass is 19.1. The predicted octanol–water partition coefficient (Wildman–Crippen LogP) is 1.44. The summed E-state index contributed by atoms with van der Waals surface area (Å²) in [6.07, 6.45) is 1.33. The number of carbonyl (C=O) groups is 5. The maximum atomic E-state index is 14.6. The second kappa shape index (κ2) is 15.6. The summed E-state index contributed by atoms with van der Waals surface area (Å²) in [6, 6.07) is 7.37. The van der Waals surface area contributed by atoms with E-state index in [9.17, 15) is 38.6 Å². The SMILES string of the molecule is C=CCn1cc(C[C@@H]2NC(=O)[C@@H](C)Cc3cccc(c3)CNC(=O)CO[C@H]3CCN(C2=O)[C@@H]3C(=O)N[C@H](C(=O)O)[C@@H](C)O)c2cc(F)ccc21. The second-order valence-corrected chi connectivity index (χ2v) is 12.9. The van der Waals surface area contributed by atoms with Gasteiger partial charge in [0.25, 0.3) is 0 Å². The van der Waals surface area contributed by atoms with Crippen LogP contribution in [0.5, 0.6) is 0 Å². The Morgan fingerprint density at radius 3 is 2.66 bits per heavy atom. The third-order valence-corrected chi connectivity index (χ3v) is 9.13. The first-order valence-corrected chi connectivity index (χ1v) is 16.5. The minimum atomic E-state index is -1.69. The van der Waals surface area contributed by atoms with E-state index in [1.54, 1.807) is 25.3 Å². The van der Waals surface area contributed by atoms with Crippen molar-refractivity contribution >= 4 is 40.5 Å². The van der Waals surface area contributed by atoms with Crippen molar-refractivity contribution in [2.45, 2.75) is 76.5 Å². The van der Waals surface area contributed by atoms with Crippen molar-refractivity contribution in [2.24, 2.45) is 5.92 Å². The standard InChI is InChI=1S/C36H42FN5O8/c1-4-11-41-18-24(26-16-25(37)8-9-28(26)41)15-27-35(47)42-12-10-29(32(42)34(46)40-31(21(3)43)36(48)49)50-19-30(44)38-17-23-7-5-6-22(14-23)13-20(2)33(45)39-27/h4-9,14,16,18,20-21,27,29,31-32,43H,1,10-13,15,17,19H2,2-3H3,(H,38,44)(H,39,45)(H,40,46)(H,48,49)/t20-,21+,27-,29-,31-,32-/m0/s1. The van der Waals surface area contributed by atoms with E-state index in [1.807, 2.05) is 28.8 Å². The van der Waals surface area contributed by atoms with E-state index in [2.05, 4.69) is 22.5 Å². The fraction of sp³-hybridized carbons (Fsp3) is 0.417. The molecule has 5 N–H and O–H groups in total. The van der Waals surface area contributed by atoms with Crippen LogP contribution in [0.4, 0.5) is 4.39 Å². The third-order valence-electron chi connectivity index (χ3n) is 9.13. The molecule has 0 unspecified atom stereocenters. The average molecular weight is 692 g/mol. The van der Waals surface area contributed by atoms with Crippen molar-refractivity contribution in [1.82, 2.24) is 25.4 Å². The Hall–Kier alpha value is -5.08. The highest BCUT2D eigenvalue weighted by Crippen LogP contribution is 2.27. The number of carboxylic acids is 1. The molecule has 0 saturated carbocycles. The van der Waals surface area contributed by atoms with Gasteiger partial charge in [0.1, 0.15) is 24.5 Å². The van der Waals surface area contributed by atoms with Gasteiger partial charge in [-0.1, -0.05) is 37.3 Å². The zero-order chi connectivity index (χ0) is 36.1. The largest absolute Gasteiger partial charge is 0.480 e. The van der Waals surface area contributed by atoms with Crippen LogP contribution in [0, 0.1) is 11.7 Å². The van der Waals surface area contributed by atoms with Gasteiger partial charge in [-0.15, -0.1) is 6.58 Å². The smallest absolute Gasteiger partial charge is 0.328 e. The van der Waals surface area contributed by atoms with E-state index >= 15 is 0 Å². The first-order valence-electron chi connectivity index (χ1n) is 16.5. The summed E-state index contributed by atoms with van der Waals surface area (Å²) in [5, 5.41) is 28.2. The van der Waals surface area contributed by atoms with Crippen molar-refractivity contribution in [3.05, 3.63) is 83.8 Å². The van der Waals surface area contributed by atoms with Crippen molar-refractivity contribution < 1.29 is 43.3 Å². The molecule has 0 spiro atoms. The number of fused-ring (bicyclic) bond motifs is 5. The summed E-state index contributed by atoms with van der Waals surface area (Å²) in [7, 11) is 0. The molecule has 0 aliphatic carbocycles. The number of rotatable bonds is 8. The van der Waals surface area contributed by atoms with E-state index in [0.717, 1.165) is 11.1 Å². The Labute approximate surface area is 288 Å². The zero-order valence-electron chi connectivity index (χ0n) is 27.9. The van der Waals surface area contributed by atoms with Gasteiger partial charge in [-0.2, -0.15) is 0 Å². The van der Waals surface area contributed by atoms with Gasteiger partial charge in [0.05, 0.1) is 12.2 Å². The van der Waals surface area contributed by atoms with E-state index in [-0.39, 0.29) is 25.9 Å². The van der Waals surface area contributed by atoms with Crippen LogP contribution in [0.2, 0.25) is 0 Å². The molecule has 0 radical (unpaired) electrons. The molecular formula is C36H42FN5O8. The number of carboxylic acid groups (broad SMARTS) is 1. The monoisotopic (exact) mass is 691 g/mol. The lowest BCUT2D eigenvalue weighted by atomic mass is 9.97. The van der Waals surface area contributed by atoms with Crippen LogP contribution in [0.15, 0.2) is 61.3 Å². The highest BCUT2D eigenvalue weighted by molar-refractivity contribution is 5.95. The van der Waals surface area contributed by atoms with Crippen LogP contribution in [-0.2, 0) is 54.6 Å².